The van der Waals surface area contributed by atoms with Crippen molar-refractivity contribution in [1.82, 2.24) is 10.2 Å². The van der Waals surface area contributed by atoms with Crippen molar-refractivity contribution in [2.45, 2.75) is 51.6 Å². The van der Waals surface area contributed by atoms with Crippen molar-refractivity contribution >= 4 is 15.9 Å². The van der Waals surface area contributed by atoms with E-state index in [1.54, 1.807) is 0 Å². The zero-order valence-corrected chi connectivity index (χ0v) is 14.3. The first-order valence-electron chi connectivity index (χ1n) is 7.89. The molecule has 2 nitrogen and oxygen atoms in total. The standard InChI is InChI=1S/C17H27BrN2/c1-14-6-3-4-12-20(14)13-5-11-19-15(2)16-7-9-17(18)10-8-16/h7-10,14-15,19H,3-6,11-13H2,1-2H3. The van der Waals surface area contributed by atoms with E-state index in [-0.39, 0.29) is 0 Å². The van der Waals surface area contributed by atoms with Gasteiger partial charge in [-0.1, -0.05) is 34.5 Å². The molecule has 1 aliphatic heterocycles. The minimum absolute atomic E-state index is 0.432. The van der Waals surface area contributed by atoms with E-state index in [0.717, 1.165) is 17.1 Å². The quantitative estimate of drug-likeness (QED) is 0.775. The number of hydrogen-bond acceptors (Lipinski definition) is 2. The molecule has 0 bridgehead atoms. The first kappa shape index (κ1) is 16.0. The highest BCUT2D eigenvalue weighted by Crippen LogP contribution is 2.17. The Morgan fingerprint density at radius 3 is 2.75 bits per heavy atom. The molecule has 0 aliphatic carbocycles. The molecule has 1 fully saturated rings. The lowest BCUT2D eigenvalue weighted by atomic mass is 10.0. The largest absolute Gasteiger partial charge is 0.310 e. The number of nitrogens with one attached hydrogen (secondary N) is 1. The highest BCUT2D eigenvalue weighted by molar-refractivity contribution is 9.10. The maximum Gasteiger partial charge on any atom is 0.0291 e. The minimum atomic E-state index is 0.432. The molecular formula is C17H27BrN2. The van der Waals surface area contributed by atoms with Crippen LogP contribution in [0.5, 0.6) is 0 Å². The van der Waals surface area contributed by atoms with Crippen LogP contribution in [0.1, 0.15) is 51.1 Å². The van der Waals surface area contributed by atoms with E-state index >= 15 is 0 Å². The molecule has 0 radical (unpaired) electrons. The van der Waals surface area contributed by atoms with Crippen LogP contribution in [0.4, 0.5) is 0 Å². The Hall–Kier alpha value is -0.380. The fraction of sp³-hybridized carbons (Fsp3) is 0.647. The van der Waals surface area contributed by atoms with Gasteiger partial charge in [-0.25, -0.2) is 0 Å². The van der Waals surface area contributed by atoms with Crippen molar-refractivity contribution in [3.05, 3.63) is 34.3 Å². The average molecular weight is 339 g/mol. The van der Waals surface area contributed by atoms with Gasteiger partial charge in [0, 0.05) is 16.6 Å². The Morgan fingerprint density at radius 2 is 2.05 bits per heavy atom. The van der Waals surface area contributed by atoms with Gasteiger partial charge in [0.05, 0.1) is 0 Å². The van der Waals surface area contributed by atoms with Gasteiger partial charge in [-0.2, -0.15) is 0 Å². The van der Waals surface area contributed by atoms with E-state index in [4.69, 9.17) is 0 Å². The number of benzene rings is 1. The molecule has 1 aliphatic rings. The van der Waals surface area contributed by atoms with Crippen molar-refractivity contribution < 1.29 is 0 Å². The summed E-state index contributed by atoms with van der Waals surface area (Å²) < 4.78 is 1.15. The van der Waals surface area contributed by atoms with Crippen LogP contribution in [0.2, 0.25) is 0 Å². The molecule has 0 aromatic heterocycles. The normalized spacial score (nSPS) is 21.9. The average Bonchev–Trinajstić information content (AvgIpc) is 2.46. The van der Waals surface area contributed by atoms with Crippen LogP contribution in [0.25, 0.3) is 0 Å². The van der Waals surface area contributed by atoms with Crippen molar-refractivity contribution in [3.63, 3.8) is 0 Å². The lowest BCUT2D eigenvalue weighted by Gasteiger charge is -2.33. The van der Waals surface area contributed by atoms with Gasteiger partial charge in [0.2, 0.25) is 0 Å². The molecule has 0 saturated carbocycles. The van der Waals surface area contributed by atoms with Crippen LogP contribution in [0, 0.1) is 0 Å². The van der Waals surface area contributed by atoms with Crippen LogP contribution in [-0.4, -0.2) is 30.6 Å². The highest BCUT2D eigenvalue weighted by Gasteiger charge is 2.17. The van der Waals surface area contributed by atoms with Crippen LogP contribution < -0.4 is 5.32 Å². The Kier molecular flexibility index (Phi) is 6.53. The summed E-state index contributed by atoms with van der Waals surface area (Å²) in [6, 6.07) is 9.82. The fourth-order valence-electron chi connectivity index (χ4n) is 2.96. The number of nitrogens with zero attached hydrogens (tertiary/aromatic N) is 1. The third kappa shape index (κ3) is 4.87. The lowest BCUT2D eigenvalue weighted by molar-refractivity contribution is 0.158. The summed E-state index contributed by atoms with van der Waals surface area (Å²) in [5.74, 6) is 0. The molecule has 2 unspecified atom stereocenters. The van der Waals surface area contributed by atoms with Gasteiger partial charge < -0.3 is 10.2 Å². The maximum absolute atomic E-state index is 3.63. The van der Waals surface area contributed by atoms with Gasteiger partial charge >= 0.3 is 0 Å². The Labute approximate surface area is 132 Å². The van der Waals surface area contributed by atoms with E-state index in [1.807, 2.05) is 0 Å². The smallest absolute Gasteiger partial charge is 0.0291 e. The van der Waals surface area contributed by atoms with Crippen molar-refractivity contribution in [1.29, 1.82) is 0 Å². The molecule has 1 N–H and O–H groups in total. The first-order valence-corrected chi connectivity index (χ1v) is 8.69. The molecule has 1 saturated heterocycles. The first-order chi connectivity index (χ1) is 9.66. The highest BCUT2D eigenvalue weighted by atomic mass is 79.9. The summed E-state index contributed by atoms with van der Waals surface area (Å²) >= 11 is 3.48. The van der Waals surface area contributed by atoms with Gasteiger partial charge in [0.25, 0.3) is 0 Å². The molecule has 3 heteroatoms. The number of halogens is 1. The summed E-state index contributed by atoms with van der Waals surface area (Å²) in [5, 5.41) is 3.63. The maximum atomic E-state index is 3.63. The van der Waals surface area contributed by atoms with Crippen molar-refractivity contribution in [2.24, 2.45) is 0 Å². The van der Waals surface area contributed by atoms with Gasteiger partial charge in [0.1, 0.15) is 0 Å². The third-order valence-electron chi connectivity index (χ3n) is 4.38. The number of hydrogen-bond donors (Lipinski definition) is 1. The molecule has 1 heterocycles. The Balaban J connectivity index is 1.66. The molecule has 2 rings (SSSR count). The summed E-state index contributed by atoms with van der Waals surface area (Å²) in [6.07, 6.45) is 5.41. The predicted molar refractivity (Wildman–Crippen MR) is 90.1 cm³/mol. The third-order valence-corrected chi connectivity index (χ3v) is 4.91. The van der Waals surface area contributed by atoms with E-state index in [1.165, 1.54) is 44.3 Å². The van der Waals surface area contributed by atoms with Gasteiger partial charge in [0.15, 0.2) is 0 Å². The van der Waals surface area contributed by atoms with Gasteiger partial charge in [-0.05, 0) is 70.4 Å². The topological polar surface area (TPSA) is 15.3 Å². The minimum Gasteiger partial charge on any atom is -0.310 e. The molecule has 112 valence electrons. The van der Waals surface area contributed by atoms with E-state index < -0.39 is 0 Å². The number of piperidine rings is 1. The number of likely N-dealkylation sites (tertiary alicyclic amines) is 1. The summed E-state index contributed by atoms with van der Waals surface area (Å²) in [7, 11) is 0. The van der Waals surface area contributed by atoms with Gasteiger partial charge in [-0.15, -0.1) is 0 Å². The molecular weight excluding hydrogens is 312 g/mol. The monoisotopic (exact) mass is 338 g/mol. The van der Waals surface area contributed by atoms with Crippen LogP contribution in [0.15, 0.2) is 28.7 Å². The predicted octanol–water partition coefficient (Wildman–Crippen LogP) is 4.36. The number of rotatable bonds is 6. The molecule has 2 atom stereocenters. The SMILES string of the molecule is CC(NCCCN1CCCCC1C)c1ccc(Br)cc1. The Morgan fingerprint density at radius 1 is 1.30 bits per heavy atom. The lowest BCUT2D eigenvalue weighted by Crippen LogP contribution is -2.39. The second-order valence-electron chi connectivity index (χ2n) is 5.96. The zero-order chi connectivity index (χ0) is 14.4. The molecule has 0 amide bonds. The molecule has 1 aromatic rings. The second kappa shape index (κ2) is 8.16. The van der Waals surface area contributed by atoms with Crippen molar-refractivity contribution in [2.75, 3.05) is 19.6 Å². The van der Waals surface area contributed by atoms with E-state index in [0.29, 0.717) is 6.04 Å². The zero-order valence-electron chi connectivity index (χ0n) is 12.7. The van der Waals surface area contributed by atoms with Crippen LogP contribution in [-0.2, 0) is 0 Å². The Bertz CT molecular complexity index is 390. The molecule has 20 heavy (non-hydrogen) atoms. The van der Waals surface area contributed by atoms with E-state index in [9.17, 15) is 0 Å². The summed E-state index contributed by atoms with van der Waals surface area (Å²) in [6.45, 7) is 8.24. The van der Waals surface area contributed by atoms with Gasteiger partial charge in [-0.3, -0.25) is 0 Å². The summed E-state index contributed by atoms with van der Waals surface area (Å²) in [5.41, 5.74) is 1.36. The van der Waals surface area contributed by atoms with Crippen LogP contribution >= 0.6 is 15.9 Å². The fourth-order valence-corrected chi connectivity index (χ4v) is 3.22. The second-order valence-corrected chi connectivity index (χ2v) is 6.88. The van der Waals surface area contributed by atoms with Crippen molar-refractivity contribution in [3.8, 4) is 0 Å². The molecule has 0 spiro atoms. The van der Waals surface area contributed by atoms with Crippen LogP contribution in [0.3, 0.4) is 0 Å². The molecule has 1 aromatic carbocycles. The summed E-state index contributed by atoms with van der Waals surface area (Å²) in [4.78, 5) is 2.65. The van der Waals surface area contributed by atoms with E-state index in [2.05, 4.69) is 64.3 Å².